The molecule has 1 aliphatic heterocycles. The van der Waals surface area contributed by atoms with Crippen molar-refractivity contribution < 1.29 is 14.7 Å². The Morgan fingerprint density at radius 3 is 2.04 bits per heavy atom. The summed E-state index contributed by atoms with van der Waals surface area (Å²) >= 11 is 0. The summed E-state index contributed by atoms with van der Waals surface area (Å²) in [5, 5.41) is 10.2. The molecular weight excluding hydrogens is 302 g/mol. The first kappa shape index (κ1) is 16.4. The van der Waals surface area contributed by atoms with E-state index in [0.717, 1.165) is 11.1 Å². The molecule has 2 aromatic carbocycles. The average Bonchev–Trinajstić information content (AvgIpc) is 2.98. The normalized spacial score (nSPS) is 20.1. The monoisotopic (exact) mass is 323 g/mol. The van der Waals surface area contributed by atoms with Gasteiger partial charge in [0.1, 0.15) is 6.04 Å². The molecule has 0 spiro atoms. The number of rotatable bonds is 5. The van der Waals surface area contributed by atoms with Gasteiger partial charge in [-0.1, -0.05) is 60.7 Å². The van der Waals surface area contributed by atoms with Gasteiger partial charge in [0, 0.05) is 13.0 Å². The van der Waals surface area contributed by atoms with E-state index in [0.29, 0.717) is 13.0 Å². The highest BCUT2D eigenvalue weighted by molar-refractivity contribution is 5.92. The number of Topliss-reactive ketones (excluding diaryl/α,β-unsaturated/α-hetero) is 1. The summed E-state index contributed by atoms with van der Waals surface area (Å²) in [5.74, 6) is -0.211. The van der Waals surface area contributed by atoms with E-state index >= 15 is 0 Å². The number of hydrogen-bond donors (Lipinski definition) is 1. The molecule has 1 amide bonds. The van der Waals surface area contributed by atoms with Crippen molar-refractivity contribution in [3.05, 3.63) is 71.8 Å². The Morgan fingerprint density at radius 1 is 0.917 bits per heavy atom. The van der Waals surface area contributed by atoms with Crippen molar-refractivity contribution in [3.8, 4) is 0 Å². The molecule has 0 saturated carbocycles. The summed E-state index contributed by atoms with van der Waals surface area (Å²) < 4.78 is 0. The summed E-state index contributed by atoms with van der Waals surface area (Å²) in [7, 11) is 0. The van der Waals surface area contributed by atoms with Crippen LogP contribution in [0.25, 0.3) is 0 Å². The molecule has 2 atom stereocenters. The quantitative estimate of drug-likeness (QED) is 0.916. The number of nitrogens with zero attached hydrogens (tertiary/aromatic N) is 1. The first-order valence-corrected chi connectivity index (χ1v) is 8.23. The van der Waals surface area contributed by atoms with E-state index in [4.69, 9.17) is 0 Å². The molecule has 0 aromatic heterocycles. The predicted molar refractivity (Wildman–Crippen MR) is 91.4 cm³/mol. The van der Waals surface area contributed by atoms with Crippen LogP contribution in [0.2, 0.25) is 0 Å². The van der Waals surface area contributed by atoms with Crippen LogP contribution in [-0.4, -0.2) is 40.4 Å². The fraction of sp³-hybridized carbons (Fsp3) is 0.300. The molecule has 0 bridgehead atoms. The second-order valence-corrected chi connectivity index (χ2v) is 6.18. The molecule has 2 aromatic rings. The van der Waals surface area contributed by atoms with E-state index in [1.807, 2.05) is 60.7 Å². The number of aliphatic hydroxyl groups excluding tert-OH is 1. The van der Waals surface area contributed by atoms with Gasteiger partial charge in [0.15, 0.2) is 5.78 Å². The molecular formula is C20H21NO3. The van der Waals surface area contributed by atoms with Crippen LogP contribution in [0.5, 0.6) is 0 Å². The largest absolute Gasteiger partial charge is 0.390 e. The molecule has 1 fully saturated rings. The Kier molecular flexibility index (Phi) is 5.06. The third-order valence-electron chi connectivity index (χ3n) is 4.44. The maximum atomic E-state index is 12.6. The van der Waals surface area contributed by atoms with Crippen LogP contribution < -0.4 is 0 Å². The fourth-order valence-corrected chi connectivity index (χ4v) is 3.22. The molecule has 0 radical (unpaired) electrons. The molecule has 124 valence electrons. The number of amides is 1. The SMILES string of the molecule is O=C(Cc1ccccc1)C1C(O)CCN1C(=O)Cc1ccccc1. The molecule has 4 nitrogen and oxygen atoms in total. The number of ketones is 1. The molecule has 1 N–H and O–H groups in total. The minimum atomic E-state index is -0.777. The van der Waals surface area contributed by atoms with E-state index in [2.05, 4.69) is 0 Å². The first-order valence-electron chi connectivity index (χ1n) is 8.23. The lowest BCUT2D eigenvalue weighted by Crippen LogP contribution is -2.46. The lowest BCUT2D eigenvalue weighted by Gasteiger charge is -2.25. The first-order chi connectivity index (χ1) is 11.6. The predicted octanol–water partition coefficient (Wildman–Crippen LogP) is 2.00. The van der Waals surface area contributed by atoms with Crippen LogP contribution >= 0.6 is 0 Å². The zero-order valence-electron chi connectivity index (χ0n) is 13.5. The number of benzene rings is 2. The summed E-state index contributed by atoms with van der Waals surface area (Å²) in [5.41, 5.74) is 1.82. The van der Waals surface area contributed by atoms with E-state index in [-0.39, 0.29) is 24.5 Å². The van der Waals surface area contributed by atoms with E-state index in [1.54, 1.807) is 4.90 Å². The van der Waals surface area contributed by atoms with Crippen molar-refractivity contribution in [2.24, 2.45) is 0 Å². The fourth-order valence-electron chi connectivity index (χ4n) is 3.22. The van der Waals surface area contributed by atoms with E-state index in [1.165, 1.54) is 0 Å². The van der Waals surface area contributed by atoms with Gasteiger partial charge in [-0.25, -0.2) is 0 Å². The van der Waals surface area contributed by atoms with E-state index < -0.39 is 12.1 Å². The van der Waals surface area contributed by atoms with Gasteiger partial charge in [-0.05, 0) is 17.5 Å². The highest BCUT2D eigenvalue weighted by Gasteiger charge is 2.40. The third kappa shape index (κ3) is 3.71. The molecule has 0 aliphatic carbocycles. The van der Waals surface area contributed by atoms with Crippen LogP contribution in [0.15, 0.2) is 60.7 Å². The summed E-state index contributed by atoms with van der Waals surface area (Å²) in [6.45, 7) is 0.429. The molecule has 24 heavy (non-hydrogen) atoms. The second kappa shape index (κ2) is 7.41. The van der Waals surface area contributed by atoms with Crippen molar-refractivity contribution in [2.75, 3.05) is 6.54 Å². The smallest absolute Gasteiger partial charge is 0.227 e. The van der Waals surface area contributed by atoms with Crippen molar-refractivity contribution in [3.63, 3.8) is 0 Å². The number of carbonyl (C=O) groups excluding carboxylic acids is 2. The maximum Gasteiger partial charge on any atom is 0.227 e. The van der Waals surface area contributed by atoms with Crippen molar-refractivity contribution in [1.82, 2.24) is 4.90 Å². The number of hydrogen-bond acceptors (Lipinski definition) is 3. The Bertz CT molecular complexity index is 699. The number of aliphatic hydroxyl groups is 1. The minimum absolute atomic E-state index is 0.104. The molecule has 4 heteroatoms. The van der Waals surface area contributed by atoms with Gasteiger partial charge in [-0.2, -0.15) is 0 Å². The van der Waals surface area contributed by atoms with Gasteiger partial charge in [-0.15, -0.1) is 0 Å². The van der Waals surface area contributed by atoms with Gasteiger partial charge in [0.25, 0.3) is 0 Å². The standard InChI is InChI=1S/C20H21NO3/c22-17-11-12-21(19(24)14-16-9-5-2-6-10-16)20(17)18(23)13-15-7-3-1-4-8-15/h1-10,17,20,22H,11-14H2. The topological polar surface area (TPSA) is 57.6 Å². The second-order valence-electron chi connectivity index (χ2n) is 6.18. The lowest BCUT2D eigenvalue weighted by molar-refractivity contribution is -0.138. The molecule has 2 unspecified atom stereocenters. The zero-order chi connectivity index (χ0) is 16.9. The summed E-state index contributed by atoms with van der Waals surface area (Å²) in [6.07, 6.45) is 0.160. The lowest BCUT2D eigenvalue weighted by atomic mass is 10.00. The highest BCUT2D eigenvalue weighted by atomic mass is 16.3. The molecule has 3 rings (SSSR count). The Morgan fingerprint density at radius 2 is 1.46 bits per heavy atom. The van der Waals surface area contributed by atoms with Gasteiger partial charge in [0.2, 0.25) is 5.91 Å². The van der Waals surface area contributed by atoms with Crippen LogP contribution in [0.3, 0.4) is 0 Å². The number of likely N-dealkylation sites (tertiary alicyclic amines) is 1. The van der Waals surface area contributed by atoms with Gasteiger partial charge >= 0.3 is 0 Å². The highest BCUT2D eigenvalue weighted by Crippen LogP contribution is 2.22. The van der Waals surface area contributed by atoms with Gasteiger partial charge in [-0.3, -0.25) is 9.59 Å². The van der Waals surface area contributed by atoms with Crippen molar-refractivity contribution in [1.29, 1.82) is 0 Å². The maximum absolute atomic E-state index is 12.6. The summed E-state index contributed by atoms with van der Waals surface area (Å²) in [6, 6.07) is 18.2. The van der Waals surface area contributed by atoms with Crippen LogP contribution in [0, 0.1) is 0 Å². The van der Waals surface area contributed by atoms with Gasteiger partial charge in [0.05, 0.1) is 12.5 Å². The molecule has 1 heterocycles. The van der Waals surface area contributed by atoms with E-state index in [9.17, 15) is 14.7 Å². The van der Waals surface area contributed by atoms with Gasteiger partial charge < -0.3 is 10.0 Å². The molecule has 1 aliphatic rings. The zero-order valence-corrected chi connectivity index (χ0v) is 13.5. The Labute approximate surface area is 141 Å². The average molecular weight is 323 g/mol. The van der Waals surface area contributed by atoms with Crippen LogP contribution in [-0.2, 0) is 22.4 Å². The minimum Gasteiger partial charge on any atom is -0.390 e. The Hall–Kier alpha value is -2.46. The van der Waals surface area contributed by atoms with Crippen molar-refractivity contribution >= 4 is 11.7 Å². The number of carbonyl (C=O) groups is 2. The summed E-state index contributed by atoms with van der Waals surface area (Å²) in [4.78, 5) is 26.8. The van der Waals surface area contributed by atoms with Crippen LogP contribution in [0.4, 0.5) is 0 Å². The third-order valence-corrected chi connectivity index (χ3v) is 4.44. The Balaban J connectivity index is 1.70. The van der Waals surface area contributed by atoms with Crippen molar-refractivity contribution in [2.45, 2.75) is 31.4 Å². The molecule has 1 saturated heterocycles. The van der Waals surface area contributed by atoms with Crippen LogP contribution in [0.1, 0.15) is 17.5 Å².